The molecular formula is C82H140NO8+. The molecule has 0 saturated heterocycles. The van der Waals surface area contributed by atoms with Crippen LogP contribution in [0.15, 0.2) is 134 Å². The van der Waals surface area contributed by atoms with Crippen LogP contribution in [-0.4, -0.2) is 87.4 Å². The Hall–Kier alpha value is -4.57. The lowest BCUT2D eigenvalue weighted by atomic mass is 10.0. The van der Waals surface area contributed by atoms with E-state index in [2.05, 4.69) is 148 Å². The number of quaternary nitrogens is 1. The van der Waals surface area contributed by atoms with Crippen molar-refractivity contribution in [2.75, 3.05) is 47.5 Å². The number of carbonyl (C=O) groups is 3. The summed E-state index contributed by atoms with van der Waals surface area (Å²) in [4.78, 5) is 37.7. The molecule has 1 N–H and O–H groups in total. The lowest BCUT2D eigenvalue weighted by Crippen LogP contribution is -2.40. The first-order chi connectivity index (χ1) is 44.6. The van der Waals surface area contributed by atoms with Gasteiger partial charge in [0.15, 0.2) is 6.10 Å². The van der Waals surface area contributed by atoms with Crippen LogP contribution in [0.1, 0.15) is 309 Å². The first kappa shape index (κ1) is 86.4. The van der Waals surface area contributed by atoms with Crippen LogP contribution in [0.5, 0.6) is 0 Å². The summed E-state index contributed by atoms with van der Waals surface area (Å²) in [6.07, 6.45) is 100. The summed E-state index contributed by atoms with van der Waals surface area (Å²) in [6, 6.07) is 0. The molecule has 2 atom stereocenters. The van der Waals surface area contributed by atoms with E-state index in [9.17, 15) is 19.5 Å². The van der Waals surface area contributed by atoms with Gasteiger partial charge in [-0.3, -0.25) is 9.59 Å². The fourth-order valence-corrected chi connectivity index (χ4v) is 10.3. The Balaban J connectivity index is 4.08. The Labute approximate surface area is 560 Å². The van der Waals surface area contributed by atoms with E-state index in [1.807, 2.05) is 21.1 Å². The highest BCUT2D eigenvalue weighted by Crippen LogP contribution is 2.18. The third-order valence-corrected chi connectivity index (χ3v) is 15.9. The average Bonchev–Trinajstić information content (AvgIpc) is 3.46. The van der Waals surface area contributed by atoms with E-state index in [1.54, 1.807) is 0 Å². The lowest BCUT2D eigenvalue weighted by Gasteiger charge is -2.25. The van der Waals surface area contributed by atoms with Gasteiger partial charge in [-0.2, -0.15) is 0 Å². The normalized spacial score (nSPS) is 13.5. The largest absolute Gasteiger partial charge is 0.477 e. The molecule has 0 spiro atoms. The highest BCUT2D eigenvalue weighted by molar-refractivity contribution is 5.71. The Kier molecular flexibility index (Phi) is 67.7. The van der Waals surface area contributed by atoms with Gasteiger partial charge in [0.05, 0.1) is 34.4 Å². The molecular weight excluding hydrogens is 1130 g/mol. The summed E-state index contributed by atoms with van der Waals surface area (Å²) in [5.74, 6) is -2.00. The van der Waals surface area contributed by atoms with Crippen molar-refractivity contribution in [2.45, 2.75) is 322 Å². The number of nitrogens with zero attached hydrogens (tertiary/aromatic N) is 1. The SMILES string of the molecule is CC/C=C\C/C=C\C/C=C\C/C=C\C/C=C\C/C=C\CCCCCCCCCCCCCCCCC(=O)OC(COC(=O)CCCCCCCCCCCCCCCCCCC/C=C\C/C=C\C/C=C\C/C=C\C/C=C\CC)COC(OCC[N+](C)(C)C)C(=O)O. The molecule has 0 saturated carbocycles. The summed E-state index contributed by atoms with van der Waals surface area (Å²) in [5.41, 5.74) is 0. The monoisotopic (exact) mass is 1270 g/mol. The van der Waals surface area contributed by atoms with Crippen LogP contribution < -0.4 is 0 Å². The highest BCUT2D eigenvalue weighted by atomic mass is 16.7. The van der Waals surface area contributed by atoms with Crippen molar-refractivity contribution in [3.8, 4) is 0 Å². The van der Waals surface area contributed by atoms with E-state index >= 15 is 0 Å². The Morgan fingerprint density at radius 1 is 0.330 bits per heavy atom. The van der Waals surface area contributed by atoms with Crippen LogP contribution in [0.25, 0.3) is 0 Å². The molecule has 9 nitrogen and oxygen atoms in total. The van der Waals surface area contributed by atoms with Gasteiger partial charge in [0.25, 0.3) is 6.29 Å². The third-order valence-electron chi connectivity index (χ3n) is 15.9. The number of aliphatic carboxylic acids is 1. The Morgan fingerprint density at radius 3 is 0.879 bits per heavy atom. The van der Waals surface area contributed by atoms with E-state index in [1.165, 1.54) is 173 Å². The number of carboxylic acid groups (broad SMARTS) is 1. The van der Waals surface area contributed by atoms with Gasteiger partial charge < -0.3 is 28.5 Å². The molecule has 0 heterocycles. The maximum atomic E-state index is 13.0. The van der Waals surface area contributed by atoms with Crippen molar-refractivity contribution in [3.05, 3.63) is 134 Å². The number of carboxylic acids is 1. The van der Waals surface area contributed by atoms with Crippen LogP contribution in [0.2, 0.25) is 0 Å². The molecule has 0 aromatic heterocycles. The van der Waals surface area contributed by atoms with E-state index in [-0.39, 0.29) is 32.2 Å². The van der Waals surface area contributed by atoms with Crippen LogP contribution >= 0.6 is 0 Å². The molecule has 0 aromatic rings. The van der Waals surface area contributed by atoms with Crippen molar-refractivity contribution in [3.63, 3.8) is 0 Å². The summed E-state index contributed by atoms with van der Waals surface area (Å²) in [5, 5.41) is 9.76. The molecule has 0 aliphatic heterocycles. The van der Waals surface area contributed by atoms with Crippen LogP contribution in [0.3, 0.4) is 0 Å². The number of hydrogen-bond acceptors (Lipinski definition) is 7. The summed E-state index contributed by atoms with van der Waals surface area (Å²) in [6.45, 7) is 4.67. The standard InChI is InChI=1S/C82H139NO8/c1-6-8-10-12-14-16-18-20-22-24-26-28-30-32-34-36-38-40-42-44-46-48-50-52-54-56-58-60-62-64-66-68-70-72-79(84)89-76-78(77-90-82(81(86)87)88-75-74-83(3,4)5)91-80(85)73-71-69-67-65-63-61-59-57-55-53-51-49-47-45-43-41-39-37-35-33-31-29-27-25-23-21-19-17-15-13-11-9-7-2/h8-11,14-17,20-23,26-29,32-35,39,41,78,82H,6-7,12-13,18-19,24-25,30-31,36-38,40,42-77H2,1-5H3/p+1/b10-8-,11-9-,16-14-,17-15-,22-20-,23-21-,28-26-,29-27-,34-32-,35-33-,41-39-. The zero-order valence-corrected chi connectivity index (χ0v) is 59.5. The summed E-state index contributed by atoms with van der Waals surface area (Å²) >= 11 is 0. The topological polar surface area (TPSA) is 108 Å². The van der Waals surface area contributed by atoms with Gasteiger partial charge in [0, 0.05) is 12.8 Å². The number of esters is 2. The van der Waals surface area contributed by atoms with Crippen LogP contribution in [0.4, 0.5) is 0 Å². The number of allylic oxidation sites excluding steroid dienone is 22. The molecule has 9 heteroatoms. The molecule has 0 rings (SSSR count). The predicted molar refractivity (Wildman–Crippen MR) is 391 cm³/mol. The number of unbranched alkanes of at least 4 members (excludes halogenated alkanes) is 31. The molecule has 0 aromatic carbocycles. The molecule has 0 bridgehead atoms. The minimum atomic E-state index is -1.52. The van der Waals surface area contributed by atoms with Crippen LogP contribution in [-0.2, 0) is 33.3 Å². The second-order valence-electron chi connectivity index (χ2n) is 25.8. The van der Waals surface area contributed by atoms with Crippen LogP contribution in [0, 0.1) is 0 Å². The number of carbonyl (C=O) groups excluding carboxylic acids is 2. The van der Waals surface area contributed by atoms with Crippen molar-refractivity contribution in [2.24, 2.45) is 0 Å². The lowest BCUT2D eigenvalue weighted by molar-refractivity contribution is -0.870. The number of rotatable bonds is 68. The molecule has 91 heavy (non-hydrogen) atoms. The van der Waals surface area contributed by atoms with E-state index < -0.39 is 24.3 Å². The zero-order valence-electron chi connectivity index (χ0n) is 59.5. The first-order valence-corrected chi connectivity index (χ1v) is 37.3. The van der Waals surface area contributed by atoms with Gasteiger partial charge >= 0.3 is 17.9 Å². The first-order valence-electron chi connectivity index (χ1n) is 37.3. The minimum Gasteiger partial charge on any atom is -0.477 e. The minimum absolute atomic E-state index is 0.184. The second kappa shape index (κ2) is 71.3. The fourth-order valence-electron chi connectivity index (χ4n) is 10.3. The second-order valence-corrected chi connectivity index (χ2v) is 25.8. The fraction of sp³-hybridized carbons (Fsp3) is 0.695. The van der Waals surface area contributed by atoms with E-state index in [4.69, 9.17) is 18.9 Å². The third kappa shape index (κ3) is 72.7. The average molecular weight is 1270 g/mol. The Morgan fingerprint density at radius 2 is 0.593 bits per heavy atom. The van der Waals surface area contributed by atoms with Crippen molar-refractivity contribution in [1.29, 1.82) is 0 Å². The number of likely N-dealkylation sites (N-methyl/N-ethyl adjacent to an activating group) is 1. The maximum absolute atomic E-state index is 13.0. The van der Waals surface area contributed by atoms with Gasteiger partial charge in [0.2, 0.25) is 0 Å². The molecule has 0 aliphatic rings. The molecule has 0 radical (unpaired) electrons. The van der Waals surface area contributed by atoms with Gasteiger partial charge in [-0.1, -0.05) is 321 Å². The molecule has 2 unspecified atom stereocenters. The number of hydrogen-bond donors (Lipinski definition) is 1. The summed E-state index contributed by atoms with van der Waals surface area (Å²) in [7, 11) is 5.98. The van der Waals surface area contributed by atoms with Crippen molar-refractivity contribution in [1.82, 2.24) is 0 Å². The van der Waals surface area contributed by atoms with E-state index in [0.717, 1.165) is 109 Å². The van der Waals surface area contributed by atoms with Crippen molar-refractivity contribution < 1.29 is 42.9 Å². The molecule has 0 fully saturated rings. The number of ether oxygens (including phenoxy) is 4. The van der Waals surface area contributed by atoms with Gasteiger partial charge in [-0.25, -0.2) is 4.79 Å². The summed E-state index contributed by atoms with van der Waals surface area (Å²) < 4.78 is 23.0. The molecule has 0 amide bonds. The Bertz CT molecular complexity index is 1960. The predicted octanol–water partition coefficient (Wildman–Crippen LogP) is 23.7. The molecule has 520 valence electrons. The van der Waals surface area contributed by atoms with Gasteiger partial charge in [-0.05, 0) is 109 Å². The highest BCUT2D eigenvalue weighted by Gasteiger charge is 2.25. The zero-order chi connectivity index (χ0) is 66.1. The maximum Gasteiger partial charge on any atom is 0.361 e. The molecule has 0 aliphatic carbocycles. The van der Waals surface area contributed by atoms with Crippen molar-refractivity contribution >= 4 is 17.9 Å². The van der Waals surface area contributed by atoms with Gasteiger partial charge in [-0.15, -0.1) is 0 Å². The quantitative estimate of drug-likeness (QED) is 0.0211. The smallest absolute Gasteiger partial charge is 0.361 e. The van der Waals surface area contributed by atoms with E-state index in [0.29, 0.717) is 17.4 Å². The van der Waals surface area contributed by atoms with Gasteiger partial charge in [0.1, 0.15) is 13.2 Å².